The standard InChI is InChI=1S/C35H43N3O6/c1-6-19-36(24-11-9-8-10-12-24)32(40)29-28-17-18-35(44-28)30(29)33(41)38(26(22-39)21-23(3)4)31(35)34(42)37(20-7-2)25-13-15-27(43-5)16-14-25/h6-16,23,26,28-31,39H,1-2,17-22H2,3-5H3/t26-,28+,29-,30+,31?,35?/m1/s1. The van der Waals surface area contributed by atoms with Crippen LogP contribution in [0.5, 0.6) is 5.75 Å². The predicted octanol–water partition coefficient (Wildman–Crippen LogP) is 4.22. The molecule has 0 aliphatic carbocycles. The second kappa shape index (κ2) is 13.0. The molecule has 1 N–H and O–H groups in total. The molecule has 3 heterocycles. The molecular weight excluding hydrogens is 558 g/mol. The number of nitrogens with zero attached hydrogens (tertiary/aromatic N) is 3. The number of hydrogen-bond donors (Lipinski definition) is 1. The summed E-state index contributed by atoms with van der Waals surface area (Å²) in [5, 5.41) is 10.6. The zero-order valence-corrected chi connectivity index (χ0v) is 25.8. The largest absolute Gasteiger partial charge is 0.497 e. The molecule has 1 spiro atoms. The van der Waals surface area contributed by atoms with Gasteiger partial charge in [-0.3, -0.25) is 14.4 Å². The van der Waals surface area contributed by atoms with Gasteiger partial charge in [0.25, 0.3) is 5.91 Å². The summed E-state index contributed by atoms with van der Waals surface area (Å²) < 4.78 is 12.0. The van der Waals surface area contributed by atoms with E-state index in [9.17, 15) is 19.5 Å². The third kappa shape index (κ3) is 5.32. The number of ether oxygens (including phenoxy) is 2. The van der Waals surface area contributed by atoms with Crippen LogP contribution < -0.4 is 14.5 Å². The quantitative estimate of drug-likeness (QED) is 0.346. The number of amides is 3. The number of likely N-dealkylation sites (tertiary alicyclic amines) is 1. The van der Waals surface area contributed by atoms with Crippen molar-refractivity contribution in [3.05, 3.63) is 79.9 Å². The molecule has 2 aromatic carbocycles. The number of rotatable bonds is 13. The van der Waals surface area contributed by atoms with E-state index in [-0.39, 0.29) is 43.3 Å². The normalized spacial score (nSPS) is 25.9. The number of hydrogen-bond acceptors (Lipinski definition) is 6. The predicted molar refractivity (Wildman–Crippen MR) is 169 cm³/mol. The number of methoxy groups -OCH3 is 1. The molecule has 3 aliphatic heterocycles. The Kier molecular flexibility index (Phi) is 9.27. The van der Waals surface area contributed by atoms with Crippen LogP contribution in [0.15, 0.2) is 79.9 Å². The van der Waals surface area contributed by atoms with Crippen molar-refractivity contribution in [2.45, 2.75) is 56.9 Å². The molecule has 0 saturated carbocycles. The second-order valence-corrected chi connectivity index (χ2v) is 12.3. The zero-order valence-electron chi connectivity index (χ0n) is 25.8. The average Bonchev–Trinajstić information content (AvgIpc) is 3.68. The summed E-state index contributed by atoms with van der Waals surface area (Å²) in [7, 11) is 1.58. The van der Waals surface area contributed by atoms with Crippen LogP contribution >= 0.6 is 0 Å². The van der Waals surface area contributed by atoms with E-state index in [1.165, 1.54) is 0 Å². The van der Waals surface area contributed by atoms with Gasteiger partial charge < -0.3 is 29.3 Å². The van der Waals surface area contributed by atoms with E-state index in [1.807, 2.05) is 44.2 Å². The second-order valence-electron chi connectivity index (χ2n) is 12.3. The molecule has 2 aromatic rings. The minimum Gasteiger partial charge on any atom is -0.497 e. The highest BCUT2D eigenvalue weighted by Gasteiger charge is 2.75. The highest BCUT2D eigenvalue weighted by Crippen LogP contribution is 2.59. The number of carbonyl (C=O) groups is 3. The van der Waals surface area contributed by atoms with Crippen LogP contribution in [0.4, 0.5) is 11.4 Å². The lowest BCUT2D eigenvalue weighted by Gasteiger charge is -2.39. The minimum absolute atomic E-state index is 0.148. The van der Waals surface area contributed by atoms with Gasteiger partial charge >= 0.3 is 0 Å². The molecule has 3 saturated heterocycles. The maximum atomic E-state index is 14.8. The first-order valence-corrected chi connectivity index (χ1v) is 15.4. The summed E-state index contributed by atoms with van der Waals surface area (Å²) in [5.41, 5.74) is 0.119. The van der Waals surface area contributed by atoms with Gasteiger partial charge in [-0.15, -0.1) is 13.2 Å². The molecule has 5 rings (SSSR count). The molecule has 3 aliphatic rings. The Balaban J connectivity index is 1.60. The fourth-order valence-electron chi connectivity index (χ4n) is 7.47. The molecule has 9 nitrogen and oxygen atoms in total. The van der Waals surface area contributed by atoms with E-state index in [0.717, 1.165) is 0 Å². The number of fused-ring (bicyclic) bond motifs is 1. The maximum absolute atomic E-state index is 14.8. The van der Waals surface area contributed by atoms with E-state index in [2.05, 4.69) is 13.2 Å². The van der Waals surface area contributed by atoms with Crippen LogP contribution in [0.2, 0.25) is 0 Å². The van der Waals surface area contributed by atoms with Crippen LogP contribution in [0.3, 0.4) is 0 Å². The molecule has 44 heavy (non-hydrogen) atoms. The van der Waals surface area contributed by atoms with Crippen LogP contribution in [0, 0.1) is 17.8 Å². The van der Waals surface area contributed by atoms with Crippen molar-refractivity contribution in [1.29, 1.82) is 0 Å². The minimum atomic E-state index is -1.20. The Labute approximate surface area is 259 Å². The van der Waals surface area contributed by atoms with Crippen LogP contribution in [0.25, 0.3) is 0 Å². The molecule has 234 valence electrons. The van der Waals surface area contributed by atoms with Gasteiger partial charge in [-0.25, -0.2) is 0 Å². The summed E-state index contributed by atoms with van der Waals surface area (Å²) in [6.07, 6.45) is 4.30. The number of aliphatic hydroxyl groups is 1. The first kappa shape index (κ1) is 31.5. The topological polar surface area (TPSA) is 99.6 Å². The van der Waals surface area contributed by atoms with Crippen LogP contribution in [0.1, 0.15) is 33.1 Å². The van der Waals surface area contributed by atoms with Crippen molar-refractivity contribution in [2.24, 2.45) is 17.8 Å². The highest BCUT2D eigenvalue weighted by molar-refractivity contribution is 6.06. The summed E-state index contributed by atoms with van der Waals surface area (Å²) >= 11 is 0. The molecule has 0 radical (unpaired) electrons. The number of para-hydroxylation sites is 1. The third-order valence-corrected chi connectivity index (χ3v) is 9.21. The molecular formula is C35H43N3O6. The first-order valence-electron chi connectivity index (χ1n) is 15.4. The van der Waals surface area contributed by atoms with Crippen molar-refractivity contribution in [3.63, 3.8) is 0 Å². The first-order chi connectivity index (χ1) is 21.2. The number of anilines is 2. The highest BCUT2D eigenvalue weighted by atomic mass is 16.5. The monoisotopic (exact) mass is 601 g/mol. The van der Waals surface area contributed by atoms with Crippen LogP contribution in [-0.2, 0) is 19.1 Å². The number of aliphatic hydroxyl groups excluding tert-OH is 1. The SMILES string of the molecule is C=CCN(C(=O)C1N([C@@H](CO)CC(C)C)C(=O)[C@@H]2[C@H](C(=O)N(CC=C)c3ccccc3)[C@@H]3CCC12O3)c1ccc(OC)cc1. The van der Waals surface area contributed by atoms with Crippen LogP contribution in [-0.4, -0.2) is 78.3 Å². The lowest BCUT2D eigenvalue weighted by atomic mass is 9.70. The molecule has 9 heteroatoms. The van der Waals surface area contributed by atoms with E-state index < -0.39 is 35.6 Å². The third-order valence-electron chi connectivity index (χ3n) is 9.21. The Bertz CT molecular complexity index is 1380. The Morgan fingerprint density at radius 2 is 1.66 bits per heavy atom. The van der Waals surface area contributed by atoms with Gasteiger partial charge in [-0.2, -0.15) is 0 Å². The van der Waals surface area contributed by atoms with Crippen molar-refractivity contribution in [2.75, 3.05) is 36.6 Å². The van der Waals surface area contributed by atoms with E-state index in [4.69, 9.17) is 9.47 Å². The number of benzene rings is 2. The molecule has 2 unspecified atom stereocenters. The van der Waals surface area contributed by atoms with E-state index in [0.29, 0.717) is 36.4 Å². The molecule has 6 atom stereocenters. The average molecular weight is 602 g/mol. The van der Waals surface area contributed by atoms with Gasteiger partial charge in [-0.1, -0.05) is 44.2 Å². The van der Waals surface area contributed by atoms with Crippen molar-refractivity contribution >= 4 is 29.1 Å². The smallest absolute Gasteiger partial charge is 0.253 e. The van der Waals surface area contributed by atoms with Gasteiger partial charge in [0.2, 0.25) is 11.8 Å². The van der Waals surface area contributed by atoms with E-state index >= 15 is 0 Å². The summed E-state index contributed by atoms with van der Waals surface area (Å²) in [5.74, 6) is -1.70. The van der Waals surface area contributed by atoms with Crippen molar-refractivity contribution < 1.29 is 29.0 Å². The van der Waals surface area contributed by atoms with Gasteiger partial charge in [0.05, 0.1) is 37.7 Å². The Morgan fingerprint density at radius 3 is 2.23 bits per heavy atom. The van der Waals surface area contributed by atoms with Gasteiger partial charge in [0.15, 0.2) is 0 Å². The van der Waals surface area contributed by atoms with Gasteiger partial charge in [0, 0.05) is 24.5 Å². The summed E-state index contributed by atoms with van der Waals surface area (Å²) in [4.78, 5) is 48.6. The molecule has 0 aromatic heterocycles. The lowest BCUT2D eigenvalue weighted by Crippen LogP contribution is -2.59. The van der Waals surface area contributed by atoms with Crippen molar-refractivity contribution in [1.82, 2.24) is 4.90 Å². The molecule has 3 fully saturated rings. The fraction of sp³-hybridized carbons (Fsp3) is 0.457. The van der Waals surface area contributed by atoms with Gasteiger partial charge in [0.1, 0.15) is 17.4 Å². The van der Waals surface area contributed by atoms with Gasteiger partial charge in [-0.05, 0) is 61.6 Å². The Morgan fingerprint density at radius 1 is 1.05 bits per heavy atom. The lowest BCUT2D eigenvalue weighted by molar-refractivity contribution is -0.144. The fourth-order valence-corrected chi connectivity index (χ4v) is 7.47. The maximum Gasteiger partial charge on any atom is 0.253 e. The van der Waals surface area contributed by atoms with E-state index in [1.54, 1.807) is 58.2 Å². The number of carbonyl (C=O) groups excluding carboxylic acids is 3. The molecule has 3 amide bonds. The summed E-state index contributed by atoms with van der Waals surface area (Å²) in [6, 6.07) is 14.8. The zero-order chi connectivity index (χ0) is 31.6. The Hall–Kier alpha value is -3.95. The summed E-state index contributed by atoms with van der Waals surface area (Å²) in [6.45, 7) is 11.9. The molecule has 2 bridgehead atoms. The van der Waals surface area contributed by atoms with Crippen molar-refractivity contribution in [3.8, 4) is 5.75 Å².